The van der Waals surface area contributed by atoms with Gasteiger partial charge in [0, 0.05) is 17.7 Å². The highest BCUT2D eigenvalue weighted by Crippen LogP contribution is 2.26. The zero-order valence-electron chi connectivity index (χ0n) is 13.1. The highest BCUT2D eigenvalue weighted by Gasteiger charge is 2.29. The molecule has 3 heterocycles. The third kappa shape index (κ3) is 3.79. The van der Waals surface area contributed by atoms with Crippen molar-refractivity contribution in [2.45, 2.75) is 45.2 Å². The smallest absolute Gasteiger partial charge is 0.243 e. The summed E-state index contributed by atoms with van der Waals surface area (Å²) in [5.74, 6) is -0.179. The van der Waals surface area contributed by atoms with Gasteiger partial charge in [0.15, 0.2) is 0 Å². The van der Waals surface area contributed by atoms with Gasteiger partial charge in [0.2, 0.25) is 11.8 Å². The summed E-state index contributed by atoms with van der Waals surface area (Å²) in [4.78, 5) is 29.5. The molecule has 1 aliphatic rings. The fraction of sp³-hybridized carbons (Fsp3) is 0.438. The Morgan fingerprint density at radius 3 is 2.91 bits per heavy atom. The average molecular weight is 349 g/mol. The minimum Gasteiger partial charge on any atom is -0.345 e. The van der Waals surface area contributed by atoms with E-state index in [0.29, 0.717) is 19.3 Å². The van der Waals surface area contributed by atoms with Crippen molar-refractivity contribution >= 4 is 34.5 Å². The molecule has 0 bridgehead atoms. The van der Waals surface area contributed by atoms with Crippen LogP contribution in [0, 0.1) is 13.8 Å². The molecule has 0 aliphatic carbocycles. The number of amides is 2. The third-order valence-electron chi connectivity index (χ3n) is 3.99. The predicted octanol–water partition coefficient (Wildman–Crippen LogP) is 2.50. The minimum absolute atomic E-state index is 0.0551. The number of carbonyl (C=O) groups is 2. The second-order valence-corrected chi connectivity index (χ2v) is 7.76. The maximum Gasteiger partial charge on any atom is 0.243 e. The fourth-order valence-electron chi connectivity index (χ4n) is 2.57. The van der Waals surface area contributed by atoms with E-state index in [1.165, 1.54) is 10.4 Å². The van der Waals surface area contributed by atoms with E-state index in [1.54, 1.807) is 22.7 Å². The number of aromatic nitrogens is 1. The van der Waals surface area contributed by atoms with Gasteiger partial charge in [-0.15, -0.1) is 11.3 Å². The Kier molecular flexibility index (Phi) is 4.77. The number of nitrogens with one attached hydrogen (secondary N) is 2. The number of rotatable bonds is 5. The normalized spacial score (nSPS) is 18.7. The average Bonchev–Trinajstić information content (AvgIpc) is 3.22. The molecule has 2 aromatic heterocycles. The zero-order valence-corrected chi connectivity index (χ0v) is 14.7. The lowest BCUT2D eigenvalue weighted by Gasteiger charge is -2.19. The summed E-state index contributed by atoms with van der Waals surface area (Å²) in [7, 11) is 0. The molecule has 0 unspecified atom stereocenters. The molecular weight excluding hydrogens is 330 g/mol. The molecular formula is C16H19N3O2S2. The van der Waals surface area contributed by atoms with Crippen molar-refractivity contribution in [1.29, 1.82) is 0 Å². The van der Waals surface area contributed by atoms with Crippen molar-refractivity contribution in [3.63, 3.8) is 0 Å². The zero-order chi connectivity index (χ0) is 16.4. The number of aryl methyl sites for hydroxylation is 2. The van der Waals surface area contributed by atoms with Gasteiger partial charge < -0.3 is 10.6 Å². The highest BCUT2D eigenvalue weighted by atomic mass is 32.1. The molecule has 0 aromatic carbocycles. The Balaban J connectivity index is 1.77. The van der Waals surface area contributed by atoms with Crippen molar-refractivity contribution in [2.24, 2.45) is 0 Å². The largest absolute Gasteiger partial charge is 0.345 e. The van der Waals surface area contributed by atoms with Crippen molar-refractivity contribution in [1.82, 2.24) is 15.6 Å². The van der Waals surface area contributed by atoms with Gasteiger partial charge in [0.25, 0.3) is 0 Å². The molecule has 0 saturated carbocycles. The summed E-state index contributed by atoms with van der Waals surface area (Å²) in [6, 6.07) is 1.48. The predicted molar refractivity (Wildman–Crippen MR) is 91.7 cm³/mol. The van der Waals surface area contributed by atoms with Crippen LogP contribution in [-0.4, -0.2) is 22.8 Å². The van der Waals surface area contributed by atoms with Gasteiger partial charge in [0.05, 0.1) is 11.7 Å². The molecule has 3 rings (SSSR count). The van der Waals surface area contributed by atoms with E-state index in [1.807, 2.05) is 19.2 Å². The Bertz CT molecular complexity index is 689. The maximum absolute atomic E-state index is 12.4. The molecule has 122 valence electrons. The molecule has 1 fully saturated rings. The van der Waals surface area contributed by atoms with E-state index >= 15 is 0 Å². The minimum atomic E-state index is -0.422. The topological polar surface area (TPSA) is 71.1 Å². The third-order valence-corrected chi connectivity index (χ3v) is 5.91. The van der Waals surface area contributed by atoms with E-state index < -0.39 is 6.04 Å². The number of thiophene rings is 1. The van der Waals surface area contributed by atoms with Crippen molar-refractivity contribution in [2.75, 3.05) is 0 Å². The van der Waals surface area contributed by atoms with Gasteiger partial charge in [-0.3, -0.25) is 9.59 Å². The highest BCUT2D eigenvalue weighted by molar-refractivity contribution is 7.11. The number of thiazole rings is 1. The van der Waals surface area contributed by atoms with Gasteiger partial charge in [-0.05, 0) is 42.7 Å². The van der Waals surface area contributed by atoms with Gasteiger partial charge in [-0.1, -0.05) is 0 Å². The molecule has 0 spiro atoms. The lowest BCUT2D eigenvalue weighted by molar-refractivity contribution is -0.126. The van der Waals surface area contributed by atoms with E-state index in [2.05, 4.69) is 27.1 Å². The summed E-state index contributed by atoms with van der Waals surface area (Å²) >= 11 is 3.26. The molecule has 23 heavy (non-hydrogen) atoms. The maximum atomic E-state index is 12.4. The Labute approximate surface area is 143 Å². The van der Waals surface area contributed by atoms with Crippen LogP contribution in [0.2, 0.25) is 0 Å². The van der Waals surface area contributed by atoms with Crippen LogP contribution in [0.5, 0.6) is 0 Å². The Morgan fingerprint density at radius 2 is 2.35 bits per heavy atom. The summed E-state index contributed by atoms with van der Waals surface area (Å²) in [5.41, 5.74) is 2.19. The second-order valence-electron chi connectivity index (χ2n) is 5.75. The lowest BCUT2D eigenvalue weighted by atomic mass is 10.1. The first-order valence-corrected chi connectivity index (χ1v) is 9.33. The van der Waals surface area contributed by atoms with Gasteiger partial charge in [0.1, 0.15) is 11.0 Å². The van der Waals surface area contributed by atoms with Crippen molar-refractivity contribution in [3.05, 3.63) is 38.0 Å². The quantitative estimate of drug-likeness (QED) is 0.871. The first kappa shape index (κ1) is 16.1. The van der Waals surface area contributed by atoms with Gasteiger partial charge in [-0.25, -0.2) is 4.98 Å². The van der Waals surface area contributed by atoms with E-state index in [-0.39, 0.29) is 17.9 Å². The summed E-state index contributed by atoms with van der Waals surface area (Å²) < 4.78 is 0. The molecule has 1 saturated heterocycles. The molecule has 2 amide bonds. The SMILES string of the molecule is Cc1nc([C@@H](Cc2ccsc2)NC(=O)[C@H]2CCC(=O)N2)sc1C. The van der Waals surface area contributed by atoms with Crippen LogP contribution in [0.25, 0.3) is 0 Å². The van der Waals surface area contributed by atoms with Crippen LogP contribution in [0.1, 0.15) is 40.0 Å². The molecule has 1 aliphatic heterocycles. The molecule has 0 radical (unpaired) electrons. The van der Waals surface area contributed by atoms with Crippen LogP contribution < -0.4 is 10.6 Å². The van der Waals surface area contributed by atoms with Crippen LogP contribution in [0.4, 0.5) is 0 Å². The van der Waals surface area contributed by atoms with Crippen LogP contribution >= 0.6 is 22.7 Å². The van der Waals surface area contributed by atoms with Gasteiger partial charge >= 0.3 is 0 Å². The Hall–Kier alpha value is -1.73. The van der Waals surface area contributed by atoms with E-state index in [4.69, 9.17) is 0 Å². The van der Waals surface area contributed by atoms with E-state index in [0.717, 1.165) is 10.7 Å². The van der Waals surface area contributed by atoms with Crippen LogP contribution in [0.15, 0.2) is 16.8 Å². The number of hydrogen-bond acceptors (Lipinski definition) is 5. The monoisotopic (exact) mass is 349 g/mol. The second kappa shape index (κ2) is 6.80. The van der Waals surface area contributed by atoms with Crippen molar-refractivity contribution in [3.8, 4) is 0 Å². The first-order valence-electron chi connectivity index (χ1n) is 7.57. The van der Waals surface area contributed by atoms with E-state index in [9.17, 15) is 9.59 Å². The number of hydrogen-bond donors (Lipinski definition) is 2. The molecule has 2 N–H and O–H groups in total. The standard InChI is InChI=1S/C16H19N3O2S2/c1-9-10(2)23-16(17-9)13(7-11-5-6-22-8-11)19-15(21)12-3-4-14(20)18-12/h5-6,8,12-13H,3-4,7H2,1-2H3,(H,18,20)(H,19,21)/t12-,13-/m1/s1. The lowest BCUT2D eigenvalue weighted by Crippen LogP contribution is -2.43. The summed E-state index contributed by atoms with van der Waals surface area (Å²) in [6.07, 6.45) is 1.69. The fourth-order valence-corrected chi connectivity index (χ4v) is 4.23. The molecule has 2 atom stereocenters. The summed E-state index contributed by atoms with van der Waals surface area (Å²) in [5, 5.41) is 10.8. The number of nitrogens with zero attached hydrogens (tertiary/aromatic N) is 1. The van der Waals surface area contributed by atoms with Gasteiger partial charge in [-0.2, -0.15) is 11.3 Å². The van der Waals surface area contributed by atoms with Crippen molar-refractivity contribution < 1.29 is 9.59 Å². The first-order chi connectivity index (χ1) is 11.0. The molecule has 7 heteroatoms. The Morgan fingerprint density at radius 1 is 1.52 bits per heavy atom. The molecule has 2 aromatic rings. The summed E-state index contributed by atoms with van der Waals surface area (Å²) in [6.45, 7) is 4.02. The van der Waals surface area contributed by atoms with Crippen LogP contribution in [-0.2, 0) is 16.0 Å². The van der Waals surface area contributed by atoms with Crippen LogP contribution in [0.3, 0.4) is 0 Å². The number of carbonyl (C=O) groups excluding carboxylic acids is 2. The molecule has 5 nitrogen and oxygen atoms in total.